The number of nitrogens with one attached hydrogen (secondary N) is 1. The third kappa shape index (κ3) is 3.61. The van der Waals surface area contributed by atoms with Crippen molar-refractivity contribution < 1.29 is 4.74 Å². The average Bonchev–Trinajstić information content (AvgIpc) is 2.87. The van der Waals surface area contributed by atoms with E-state index in [9.17, 15) is 0 Å². The van der Waals surface area contributed by atoms with E-state index in [0.29, 0.717) is 12.6 Å². The van der Waals surface area contributed by atoms with E-state index in [2.05, 4.69) is 46.3 Å². The Morgan fingerprint density at radius 2 is 2.15 bits per heavy atom. The van der Waals surface area contributed by atoms with Gasteiger partial charge in [0.2, 0.25) is 0 Å². The molecule has 0 bridgehead atoms. The van der Waals surface area contributed by atoms with E-state index in [1.807, 2.05) is 36.1 Å². The van der Waals surface area contributed by atoms with Gasteiger partial charge in [0.1, 0.15) is 12.4 Å². The number of ether oxygens (including phenoxy) is 1. The quantitative estimate of drug-likeness (QED) is 0.876. The second-order valence-electron chi connectivity index (χ2n) is 4.93. The van der Waals surface area contributed by atoms with Gasteiger partial charge in [0.25, 0.3) is 0 Å². The van der Waals surface area contributed by atoms with E-state index in [1.54, 1.807) is 0 Å². The summed E-state index contributed by atoms with van der Waals surface area (Å²) in [6.45, 7) is 5.46. The number of benzene rings is 1. The van der Waals surface area contributed by atoms with E-state index < -0.39 is 0 Å². The summed E-state index contributed by atoms with van der Waals surface area (Å²) in [6.07, 6.45) is 1.98. The SMILES string of the molecule is CNCc1cccc(Br)c1OCc1ccn(C(C)C)n1. The lowest BCUT2D eigenvalue weighted by Gasteiger charge is -2.12. The van der Waals surface area contributed by atoms with E-state index in [0.717, 1.165) is 28.0 Å². The minimum atomic E-state index is 0.368. The molecule has 1 aromatic heterocycles. The summed E-state index contributed by atoms with van der Waals surface area (Å²) in [5.74, 6) is 0.876. The van der Waals surface area contributed by atoms with Crippen molar-refractivity contribution in [2.24, 2.45) is 0 Å². The first-order valence-corrected chi connectivity index (χ1v) is 7.50. The highest BCUT2D eigenvalue weighted by Gasteiger charge is 2.09. The van der Waals surface area contributed by atoms with Crippen LogP contribution in [0.4, 0.5) is 0 Å². The Hall–Kier alpha value is -1.33. The van der Waals surface area contributed by atoms with Gasteiger partial charge in [-0.25, -0.2) is 0 Å². The minimum Gasteiger partial charge on any atom is -0.486 e. The number of nitrogens with zero attached hydrogens (tertiary/aromatic N) is 2. The third-order valence-electron chi connectivity index (χ3n) is 2.97. The second-order valence-corrected chi connectivity index (χ2v) is 5.78. The molecule has 1 N–H and O–H groups in total. The molecule has 2 rings (SSSR count). The number of aromatic nitrogens is 2. The monoisotopic (exact) mass is 337 g/mol. The fourth-order valence-electron chi connectivity index (χ4n) is 1.93. The molecule has 0 amide bonds. The predicted molar refractivity (Wildman–Crippen MR) is 83.8 cm³/mol. The van der Waals surface area contributed by atoms with E-state index in [1.165, 1.54) is 0 Å². The summed E-state index contributed by atoms with van der Waals surface area (Å²) < 4.78 is 8.84. The first-order chi connectivity index (χ1) is 9.61. The predicted octanol–water partition coefficient (Wildman–Crippen LogP) is 3.52. The van der Waals surface area contributed by atoms with Crippen LogP contribution in [0, 0.1) is 0 Å². The fraction of sp³-hybridized carbons (Fsp3) is 0.400. The van der Waals surface area contributed by atoms with Crippen LogP contribution in [-0.4, -0.2) is 16.8 Å². The highest BCUT2D eigenvalue weighted by atomic mass is 79.9. The van der Waals surface area contributed by atoms with Gasteiger partial charge < -0.3 is 10.1 Å². The van der Waals surface area contributed by atoms with Gasteiger partial charge in [0.15, 0.2) is 0 Å². The molecule has 0 aliphatic carbocycles. The van der Waals surface area contributed by atoms with Crippen LogP contribution in [0.15, 0.2) is 34.9 Å². The molecule has 0 saturated heterocycles. The van der Waals surface area contributed by atoms with Crippen molar-refractivity contribution in [2.75, 3.05) is 7.05 Å². The molecule has 108 valence electrons. The first kappa shape index (κ1) is 15.1. The molecule has 2 aromatic rings. The van der Waals surface area contributed by atoms with Crippen LogP contribution in [-0.2, 0) is 13.2 Å². The van der Waals surface area contributed by atoms with Crippen molar-refractivity contribution in [1.29, 1.82) is 0 Å². The molecule has 0 unspecified atom stereocenters. The molecule has 0 radical (unpaired) electrons. The van der Waals surface area contributed by atoms with Crippen molar-refractivity contribution in [3.63, 3.8) is 0 Å². The van der Waals surface area contributed by atoms with Crippen LogP contribution in [0.25, 0.3) is 0 Å². The Morgan fingerprint density at radius 1 is 1.35 bits per heavy atom. The maximum atomic E-state index is 5.94. The third-order valence-corrected chi connectivity index (χ3v) is 3.60. The zero-order chi connectivity index (χ0) is 14.5. The standard InChI is InChI=1S/C15H20BrN3O/c1-11(2)19-8-7-13(18-19)10-20-15-12(9-17-3)5-4-6-14(15)16/h4-8,11,17H,9-10H2,1-3H3. The minimum absolute atomic E-state index is 0.368. The van der Waals surface area contributed by atoms with Crippen LogP contribution < -0.4 is 10.1 Å². The molecule has 0 aliphatic rings. The molecular weight excluding hydrogens is 318 g/mol. The van der Waals surface area contributed by atoms with Crippen molar-refractivity contribution in [2.45, 2.75) is 33.0 Å². The Kier molecular flexibility index (Phi) is 5.20. The van der Waals surface area contributed by atoms with E-state index in [-0.39, 0.29) is 0 Å². The highest BCUT2D eigenvalue weighted by molar-refractivity contribution is 9.10. The molecule has 1 heterocycles. The lowest BCUT2D eigenvalue weighted by molar-refractivity contribution is 0.293. The zero-order valence-corrected chi connectivity index (χ0v) is 13.6. The van der Waals surface area contributed by atoms with Crippen LogP contribution in [0.1, 0.15) is 31.1 Å². The van der Waals surface area contributed by atoms with E-state index >= 15 is 0 Å². The summed E-state index contributed by atoms with van der Waals surface area (Å²) in [6, 6.07) is 8.42. The van der Waals surface area contributed by atoms with Gasteiger partial charge in [0, 0.05) is 24.3 Å². The number of para-hydroxylation sites is 1. The van der Waals surface area contributed by atoms with Gasteiger partial charge in [-0.3, -0.25) is 4.68 Å². The lowest BCUT2D eigenvalue weighted by Crippen LogP contribution is -2.08. The molecule has 5 heteroatoms. The average molecular weight is 338 g/mol. The number of rotatable bonds is 6. The van der Waals surface area contributed by atoms with Crippen molar-refractivity contribution in [1.82, 2.24) is 15.1 Å². The van der Waals surface area contributed by atoms with Crippen LogP contribution >= 0.6 is 15.9 Å². The Labute approximate surface area is 128 Å². The second kappa shape index (κ2) is 6.90. The number of hydrogen-bond donors (Lipinski definition) is 1. The Morgan fingerprint density at radius 3 is 2.80 bits per heavy atom. The van der Waals surface area contributed by atoms with Crippen molar-refractivity contribution >= 4 is 15.9 Å². The largest absolute Gasteiger partial charge is 0.486 e. The Balaban J connectivity index is 2.09. The fourth-order valence-corrected chi connectivity index (χ4v) is 2.45. The van der Waals surface area contributed by atoms with Gasteiger partial charge in [-0.1, -0.05) is 12.1 Å². The summed E-state index contributed by atoms with van der Waals surface area (Å²) in [7, 11) is 1.93. The summed E-state index contributed by atoms with van der Waals surface area (Å²) in [4.78, 5) is 0. The molecule has 0 fully saturated rings. The molecule has 0 atom stereocenters. The van der Waals surface area contributed by atoms with Gasteiger partial charge in [0.05, 0.1) is 10.2 Å². The molecule has 0 spiro atoms. The van der Waals surface area contributed by atoms with Gasteiger partial charge in [-0.15, -0.1) is 0 Å². The molecule has 0 aliphatic heterocycles. The molecule has 4 nitrogen and oxygen atoms in total. The van der Waals surface area contributed by atoms with E-state index in [4.69, 9.17) is 4.74 Å². The maximum Gasteiger partial charge on any atom is 0.138 e. The normalized spacial score (nSPS) is 11.1. The maximum absolute atomic E-state index is 5.94. The van der Waals surface area contributed by atoms with Gasteiger partial charge >= 0.3 is 0 Å². The lowest BCUT2D eigenvalue weighted by atomic mass is 10.2. The first-order valence-electron chi connectivity index (χ1n) is 6.70. The van der Waals surface area contributed by atoms with Crippen molar-refractivity contribution in [3.8, 4) is 5.75 Å². The van der Waals surface area contributed by atoms with Crippen molar-refractivity contribution in [3.05, 3.63) is 46.2 Å². The molecular formula is C15H20BrN3O. The zero-order valence-electron chi connectivity index (χ0n) is 12.1. The topological polar surface area (TPSA) is 39.1 Å². The van der Waals surface area contributed by atoms with Gasteiger partial charge in [-0.2, -0.15) is 5.10 Å². The molecule has 20 heavy (non-hydrogen) atoms. The smallest absolute Gasteiger partial charge is 0.138 e. The number of halogens is 1. The van der Waals surface area contributed by atoms with Crippen LogP contribution in [0.2, 0.25) is 0 Å². The Bertz CT molecular complexity index is 566. The van der Waals surface area contributed by atoms with Crippen LogP contribution in [0.5, 0.6) is 5.75 Å². The highest BCUT2D eigenvalue weighted by Crippen LogP contribution is 2.29. The van der Waals surface area contributed by atoms with Crippen LogP contribution in [0.3, 0.4) is 0 Å². The molecule has 0 saturated carbocycles. The summed E-state index contributed by atoms with van der Waals surface area (Å²) in [5, 5.41) is 7.64. The van der Waals surface area contributed by atoms with Gasteiger partial charge in [-0.05, 0) is 49.0 Å². The summed E-state index contributed by atoms with van der Waals surface area (Å²) >= 11 is 3.54. The molecule has 1 aromatic carbocycles. The number of hydrogen-bond acceptors (Lipinski definition) is 3. The summed E-state index contributed by atoms with van der Waals surface area (Å²) in [5.41, 5.74) is 2.06.